The molecule has 3 amide bonds. The van der Waals surface area contributed by atoms with Crippen molar-refractivity contribution >= 4 is 52.4 Å². The minimum atomic E-state index is -0.726. The highest BCUT2D eigenvalue weighted by molar-refractivity contribution is 6.53. The van der Waals surface area contributed by atoms with E-state index >= 15 is 0 Å². The Balaban J connectivity index is 1.49. The second-order valence-corrected chi connectivity index (χ2v) is 8.95. The molecule has 0 saturated carbocycles. The lowest BCUT2D eigenvalue weighted by Gasteiger charge is -2.16. The van der Waals surface area contributed by atoms with E-state index in [0.29, 0.717) is 11.3 Å². The minimum absolute atomic E-state index is 0.113. The van der Waals surface area contributed by atoms with Crippen LogP contribution in [-0.2, 0) is 14.3 Å². The zero-order chi connectivity index (χ0) is 26.7. The molecular formula is C28H24ClN3O5. The van der Waals surface area contributed by atoms with Crippen molar-refractivity contribution < 1.29 is 23.9 Å². The Hall–Kier alpha value is -4.43. The monoisotopic (exact) mass is 517 g/mol. The Bertz CT molecular complexity index is 1430. The van der Waals surface area contributed by atoms with Crippen molar-refractivity contribution in [2.45, 2.75) is 19.8 Å². The van der Waals surface area contributed by atoms with E-state index in [1.54, 1.807) is 24.3 Å². The maximum Gasteiger partial charge on any atom is 0.337 e. The van der Waals surface area contributed by atoms with Crippen molar-refractivity contribution in [2.24, 2.45) is 0 Å². The number of imide groups is 1. The number of anilines is 3. The third kappa shape index (κ3) is 5.24. The van der Waals surface area contributed by atoms with Crippen molar-refractivity contribution in [3.05, 3.63) is 100 Å². The molecule has 1 aliphatic rings. The maximum absolute atomic E-state index is 13.1. The van der Waals surface area contributed by atoms with Gasteiger partial charge in [0.05, 0.1) is 18.4 Å². The second kappa shape index (κ2) is 10.7. The van der Waals surface area contributed by atoms with Gasteiger partial charge in [-0.2, -0.15) is 0 Å². The molecule has 9 heteroatoms. The summed E-state index contributed by atoms with van der Waals surface area (Å²) < 4.78 is 4.70. The van der Waals surface area contributed by atoms with Gasteiger partial charge in [0.25, 0.3) is 17.7 Å². The van der Waals surface area contributed by atoms with E-state index in [1.165, 1.54) is 31.4 Å². The van der Waals surface area contributed by atoms with Gasteiger partial charge < -0.3 is 15.4 Å². The molecule has 0 aliphatic carbocycles. The van der Waals surface area contributed by atoms with Gasteiger partial charge in [0, 0.05) is 16.9 Å². The van der Waals surface area contributed by atoms with Gasteiger partial charge in [-0.15, -0.1) is 0 Å². The van der Waals surface area contributed by atoms with E-state index in [1.807, 2.05) is 24.3 Å². The third-order valence-electron chi connectivity index (χ3n) is 5.80. The summed E-state index contributed by atoms with van der Waals surface area (Å²) in [5.41, 5.74) is 2.90. The maximum atomic E-state index is 13.1. The molecule has 188 valence electrons. The normalized spacial score (nSPS) is 13.3. The average molecular weight is 518 g/mol. The van der Waals surface area contributed by atoms with E-state index in [9.17, 15) is 19.2 Å². The van der Waals surface area contributed by atoms with Crippen molar-refractivity contribution in [3.8, 4) is 0 Å². The molecule has 3 aromatic carbocycles. The molecule has 0 radical (unpaired) electrons. The standard InChI is InChI=1S/C28H24ClN3O5/c1-16(2)21-9-4-5-10-22(21)31-25(33)17-11-13-19(14-12-17)30-24-23(29)26(34)32(27(24)35)20-8-6-7-18(15-20)28(36)37-3/h4-16,30H,1-3H3,(H,31,33). The topological polar surface area (TPSA) is 105 Å². The molecule has 1 aliphatic heterocycles. The first kappa shape index (κ1) is 25.7. The molecule has 0 atom stereocenters. The lowest BCUT2D eigenvalue weighted by atomic mass is 10.0. The van der Waals surface area contributed by atoms with Crippen LogP contribution < -0.4 is 15.5 Å². The van der Waals surface area contributed by atoms with Crippen LogP contribution >= 0.6 is 11.6 Å². The highest BCUT2D eigenvalue weighted by atomic mass is 35.5. The second-order valence-electron chi connectivity index (χ2n) is 8.58. The largest absolute Gasteiger partial charge is 0.465 e. The number of hydrogen-bond donors (Lipinski definition) is 2. The molecule has 0 unspecified atom stereocenters. The zero-order valence-corrected chi connectivity index (χ0v) is 21.1. The van der Waals surface area contributed by atoms with Crippen LogP contribution in [0.5, 0.6) is 0 Å². The molecule has 0 spiro atoms. The van der Waals surface area contributed by atoms with E-state index in [2.05, 4.69) is 24.5 Å². The molecule has 2 N–H and O–H groups in total. The van der Waals surface area contributed by atoms with Gasteiger partial charge in [-0.05, 0) is 60.0 Å². The number of hydrogen-bond acceptors (Lipinski definition) is 6. The van der Waals surface area contributed by atoms with Gasteiger partial charge in [-0.1, -0.05) is 49.7 Å². The molecule has 37 heavy (non-hydrogen) atoms. The van der Waals surface area contributed by atoms with Crippen LogP contribution in [0.2, 0.25) is 0 Å². The molecule has 3 aromatic rings. The number of nitrogens with one attached hydrogen (secondary N) is 2. The number of esters is 1. The van der Waals surface area contributed by atoms with Gasteiger partial charge in [-0.3, -0.25) is 14.4 Å². The lowest BCUT2D eigenvalue weighted by Crippen LogP contribution is -2.32. The van der Waals surface area contributed by atoms with Gasteiger partial charge in [0.2, 0.25) is 0 Å². The van der Waals surface area contributed by atoms with Gasteiger partial charge in [-0.25, -0.2) is 9.69 Å². The molecule has 0 bridgehead atoms. The van der Waals surface area contributed by atoms with Gasteiger partial charge >= 0.3 is 5.97 Å². The summed E-state index contributed by atoms with van der Waals surface area (Å²) in [6.07, 6.45) is 0. The van der Waals surface area contributed by atoms with E-state index in [4.69, 9.17) is 16.3 Å². The number of carbonyl (C=O) groups is 4. The fraction of sp³-hybridized carbons (Fsp3) is 0.143. The van der Waals surface area contributed by atoms with E-state index < -0.39 is 17.8 Å². The van der Waals surface area contributed by atoms with Crippen LogP contribution in [-0.4, -0.2) is 30.8 Å². The summed E-state index contributed by atoms with van der Waals surface area (Å²) in [5.74, 6) is -2.04. The average Bonchev–Trinajstić information content (AvgIpc) is 3.11. The number of nitrogens with zero attached hydrogens (tertiary/aromatic N) is 1. The van der Waals surface area contributed by atoms with Crippen LogP contribution in [0.1, 0.15) is 46.0 Å². The summed E-state index contributed by atoms with van der Waals surface area (Å²) in [6.45, 7) is 4.11. The Kier molecular flexibility index (Phi) is 7.40. The number of benzene rings is 3. The third-order valence-corrected chi connectivity index (χ3v) is 6.15. The van der Waals surface area contributed by atoms with Crippen LogP contribution in [0.3, 0.4) is 0 Å². The number of ether oxygens (including phenoxy) is 1. The predicted molar refractivity (Wildman–Crippen MR) is 142 cm³/mol. The van der Waals surface area contributed by atoms with Crippen LogP contribution in [0.4, 0.5) is 17.1 Å². The number of para-hydroxylation sites is 1. The molecule has 8 nitrogen and oxygen atoms in total. The first-order valence-electron chi connectivity index (χ1n) is 11.5. The number of carbonyl (C=O) groups excluding carboxylic acids is 4. The summed E-state index contributed by atoms with van der Waals surface area (Å²) >= 11 is 6.21. The number of methoxy groups -OCH3 is 1. The molecule has 4 rings (SSSR count). The molecule has 0 fully saturated rings. The van der Waals surface area contributed by atoms with Crippen molar-refractivity contribution in [3.63, 3.8) is 0 Å². The highest BCUT2D eigenvalue weighted by Crippen LogP contribution is 2.31. The molecular weight excluding hydrogens is 494 g/mol. The van der Waals surface area contributed by atoms with Gasteiger partial charge in [0.1, 0.15) is 10.7 Å². The van der Waals surface area contributed by atoms with Crippen LogP contribution in [0.15, 0.2) is 83.5 Å². The first-order chi connectivity index (χ1) is 17.7. The van der Waals surface area contributed by atoms with E-state index in [-0.39, 0.29) is 33.8 Å². The number of halogens is 1. The lowest BCUT2D eigenvalue weighted by molar-refractivity contribution is -0.120. The highest BCUT2D eigenvalue weighted by Gasteiger charge is 2.39. The van der Waals surface area contributed by atoms with Gasteiger partial charge in [0.15, 0.2) is 0 Å². The smallest absolute Gasteiger partial charge is 0.337 e. The number of rotatable bonds is 7. The first-order valence-corrected chi connectivity index (χ1v) is 11.8. The predicted octanol–water partition coefficient (Wildman–Crippen LogP) is 5.28. The Morgan fingerprint density at radius 1 is 0.892 bits per heavy atom. The Labute approximate surface area is 218 Å². The Morgan fingerprint density at radius 3 is 2.27 bits per heavy atom. The Morgan fingerprint density at radius 2 is 1.59 bits per heavy atom. The van der Waals surface area contributed by atoms with E-state index in [0.717, 1.165) is 16.2 Å². The molecule has 1 heterocycles. The fourth-order valence-electron chi connectivity index (χ4n) is 3.89. The molecule has 0 saturated heterocycles. The zero-order valence-electron chi connectivity index (χ0n) is 20.4. The summed E-state index contributed by atoms with van der Waals surface area (Å²) in [4.78, 5) is 51.4. The molecule has 0 aromatic heterocycles. The van der Waals surface area contributed by atoms with Crippen molar-refractivity contribution in [1.82, 2.24) is 0 Å². The van der Waals surface area contributed by atoms with Crippen LogP contribution in [0.25, 0.3) is 0 Å². The SMILES string of the molecule is COC(=O)c1cccc(N2C(=O)C(Cl)=C(Nc3ccc(C(=O)Nc4ccccc4C(C)C)cc3)C2=O)c1. The van der Waals surface area contributed by atoms with Crippen molar-refractivity contribution in [1.29, 1.82) is 0 Å². The summed E-state index contributed by atoms with van der Waals surface area (Å²) in [7, 11) is 1.24. The van der Waals surface area contributed by atoms with Crippen LogP contribution in [0, 0.1) is 0 Å². The van der Waals surface area contributed by atoms with Crippen molar-refractivity contribution in [2.75, 3.05) is 22.6 Å². The fourth-order valence-corrected chi connectivity index (χ4v) is 4.11. The minimum Gasteiger partial charge on any atom is -0.465 e. The summed E-state index contributed by atoms with van der Waals surface area (Å²) in [6, 6.07) is 20.0. The quantitative estimate of drug-likeness (QED) is 0.326. The number of amides is 3. The summed E-state index contributed by atoms with van der Waals surface area (Å²) in [5, 5.41) is 5.51.